The van der Waals surface area contributed by atoms with E-state index in [9.17, 15) is 0 Å². The first-order valence-electron chi connectivity index (χ1n) is 7.50. The molecular weight excluding hydrogens is 308 g/mol. The fourth-order valence-corrected chi connectivity index (χ4v) is 3.86. The topological polar surface area (TPSA) is 50.3 Å². The molecule has 1 N–H and O–H groups in total. The number of aromatic nitrogens is 2. The number of ether oxygens (including phenoxy) is 1. The first-order chi connectivity index (χ1) is 10.3. The van der Waals surface area contributed by atoms with Crippen LogP contribution in [0.3, 0.4) is 0 Å². The fraction of sp³-hybridized carbons (Fsp3) is 0.714. The number of nitrogens with zero attached hydrogens (tertiary/aromatic N) is 3. The van der Waals surface area contributed by atoms with Gasteiger partial charge in [0.25, 0.3) is 0 Å². The maximum absolute atomic E-state index is 6.03. The van der Waals surface area contributed by atoms with Crippen LogP contribution < -0.4 is 5.32 Å². The van der Waals surface area contributed by atoms with Crippen molar-refractivity contribution in [1.29, 1.82) is 0 Å². The number of nitrogens with one attached hydrogen (secondary N) is 1. The van der Waals surface area contributed by atoms with Gasteiger partial charge in [0.2, 0.25) is 5.28 Å². The van der Waals surface area contributed by atoms with Gasteiger partial charge < -0.3 is 10.1 Å². The summed E-state index contributed by atoms with van der Waals surface area (Å²) >= 11 is 7.96. The Hall–Kier alpha value is -0.560. The van der Waals surface area contributed by atoms with E-state index in [1.807, 2.05) is 11.8 Å². The molecule has 3 heterocycles. The summed E-state index contributed by atoms with van der Waals surface area (Å²) < 4.78 is 5.36. The van der Waals surface area contributed by atoms with Crippen molar-refractivity contribution in [2.24, 2.45) is 0 Å². The molecule has 0 radical (unpaired) electrons. The normalized spacial score (nSPS) is 19.3. The van der Waals surface area contributed by atoms with Crippen molar-refractivity contribution in [2.75, 3.05) is 50.5 Å². The lowest BCUT2D eigenvalue weighted by Crippen LogP contribution is -2.37. The lowest BCUT2D eigenvalue weighted by atomic mass is 10.2. The minimum atomic E-state index is 0.358. The second-order valence-corrected chi connectivity index (χ2v) is 6.75. The molecule has 0 spiro atoms. The third-order valence-corrected chi connectivity index (χ3v) is 5.00. The highest BCUT2D eigenvalue weighted by atomic mass is 35.5. The van der Waals surface area contributed by atoms with Crippen molar-refractivity contribution in [3.8, 4) is 0 Å². The first-order valence-corrected chi connectivity index (χ1v) is 9.03. The van der Waals surface area contributed by atoms with E-state index in [1.54, 1.807) is 0 Å². The molecular formula is C14H21ClN4OS. The largest absolute Gasteiger partial charge is 0.379 e. The number of thioether (sulfide) groups is 1. The van der Waals surface area contributed by atoms with Crippen LogP contribution in [-0.2, 0) is 16.9 Å². The van der Waals surface area contributed by atoms with Crippen molar-refractivity contribution in [2.45, 2.75) is 18.6 Å². The Morgan fingerprint density at radius 1 is 1.29 bits per heavy atom. The predicted octanol–water partition coefficient (Wildman–Crippen LogP) is 2.05. The van der Waals surface area contributed by atoms with Gasteiger partial charge in [-0.25, -0.2) is 9.97 Å². The number of fused-ring (bicyclic) bond motifs is 1. The molecule has 0 saturated carbocycles. The molecule has 21 heavy (non-hydrogen) atoms. The summed E-state index contributed by atoms with van der Waals surface area (Å²) in [6.45, 7) is 5.84. The molecule has 5 nitrogen and oxygen atoms in total. The average molecular weight is 329 g/mol. The molecule has 0 amide bonds. The summed E-state index contributed by atoms with van der Waals surface area (Å²) in [6.07, 6.45) is 2.09. The van der Waals surface area contributed by atoms with Crippen molar-refractivity contribution in [3.05, 3.63) is 16.5 Å². The number of halogens is 1. The number of hydrogen-bond acceptors (Lipinski definition) is 6. The maximum Gasteiger partial charge on any atom is 0.224 e. The molecule has 0 unspecified atom stereocenters. The summed E-state index contributed by atoms with van der Waals surface area (Å²) in [6, 6.07) is 0. The van der Waals surface area contributed by atoms with Crippen LogP contribution in [0.4, 0.5) is 5.82 Å². The van der Waals surface area contributed by atoms with Gasteiger partial charge >= 0.3 is 0 Å². The lowest BCUT2D eigenvalue weighted by molar-refractivity contribution is 0.0378. The molecule has 1 aromatic heterocycles. The van der Waals surface area contributed by atoms with E-state index in [0.717, 1.165) is 75.3 Å². The lowest BCUT2D eigenvalue weighted by Gasteiger charge is -2.26. The average Bonchev–Trinajstić information content (AvgIpc) is 2.52. The van der Waals surface area contributed by atoms with Crippen molar-refractivity contribution < 1.29 is 4.74 Å². The van der Waals surface area contributed by atoms with E-state index in [1.165, 1.54) is 5.56 Å². The van der Waals surface area contributed by atoms with Crippen LogP contribution in [0.15, 0.2) is 0 Å². The molecule has 1 aromatic rings. The highest BCUT2D eigenvalue weighted by Gasteiger charge is 2.17. The van der Waals surface area contributed by atoms with Crippen LogP contribution in [0.2, 0.25) is 5.28 Å². The molecule has 116 valence electrons. The molecule has 2 aliphatic heterocycles. The van der Waals surface area contributed by atoms with E-state index < -0.39 is 0 Å². The van der Waals surface area contributed by atoms with Crippen LogP contribution in [-0.4, -0.2) is 60.0 Å². The van der Waals surface area contributed by atoms with Gasteiger partial charge in [-0.3, -0.25) is 4.90 Å². The Labute approximate surface area is 134 Å². The second kappa shape index (κ2) is 7.63. The van der Waals surface area contributed by atoms with Gasteiger partial charge in [-0.2, -0.15) is 11.8 Å². The van der Waals surface area contributed by atoms with Gasteiger partial charge in [0.15, 0.2) is 0 Å². The number of hydrogen-bond donors (Lipinski definition) is 1. The van der Waals surface area contributed by atoms with Crippen molar-refractivity contribution in [1.82, 2.24) is 14.9 Å². The Bertz CT molecular complexity index is 482. The highest BCUT2D eigenvalue weighted by Crippen LogP contribution is 2.29. The quantitative estimate of drug-likeness (QED) is 0.659. The first kappa shape index (κ1) is 15.3. The Morgan fingerprint density at radius 2 is 2.14 bits per heavy atom. The highest BCUT2D eigenvalue weighted by molar-refractivity contribution is 7.98. The molecule has 1 fully saturated rings. The van der Waals surface area contributed by atoms with Crippen LogP contribution in [0.5, 0.6) is 0 Å². The summed E-state index contributed by atoms with van der Waals surface area (Å²) in [5.41, 5.74) is 2.35. The number of anilines is 1. The summed E-state index contributed by atoms with van der Waals surface area (Å²) in [5.74, 6) is 3.04. The molecule has 0 bridgehead atoms. The van der Waals surface area contributed by atoms with Gasteiger partial charge in [0, 0.05) is 31.0 Å². The standard InChI is InChI=1S/C14H21ClN4OS/c15-14-17-12-2-9-21-10-11(12)13(18-14)16-3-1-4-19-5-7-20-8-6-19/h1-10H2,(H,16,17,18). The number of aryl methyl sites for hydroxylation is 1. The molecule has 2 aliphatic rings. The van der Waals surface area contributed by atoms with Gasteiger partial charge in [-0.05, 0) is 36.7 Å². The third-order valence-electron chi connectivity index (χ3n) is 3.84. The number of rotatable bonds is 5. The smallest absolute Gasteiger partial charge is 0.224 e. The van der Waals surface area contributed by atoms with Gasteiger partial charge in [0.1, 0.15) is 5.82 Å². The summed E-state index contributed by atoms with van der Waals surface area (Å²) in [7, 11) is 0. The molecule has 3 rings (SSSR count). The SMILES string of the molecule is Clc1nc2c(c(NCCCN3CCOCC3)n1)CSCC2. The van der Waals surface area contributed by atoms with Crippen LogP contribution in [0.25, 0.3) is 0 Å². The predicted molar refractivity (Wildman–Crippen MR) is 87.3 cm³/mol. The zero-order valence-electron chi connectivity index (χ0n) is 12.1. The third kappa shape index (κ3) is 4.22. The zero-order valence-corrected chi connectivity index (χ0v) is 13.7. The molecule has 0 atom stereocenters. The monoisotopic (exact) mass is 328 g/mol. The van der Waals surface area contributed by atoms with E-state index in [0.29, 0.717) is 5.28 Å². The van der Waals surface area contributed by atoms with E-state index in [2.05, 4.69) is 20.2 Å². The van der Waals surface area contributed by atoms with Crippen LogP contribution in [0.1, 0.15) is 17.7 Å². The molecule has 1 saturated heterocycles. The zero-order chi connectivity index (χ0) is 14.5. The van der Waals surface area contributed by atoms with Crippen molar-refractivity contribution >= 4 is 29.2 Å². The van der Waals surface area contributed by atoms with E-state index in [4.69, 9.17) is 16.3 Å². The van der Waals surface area contributed by atoms with Crippen LogP contribution >= 0.6 is 23.4 Å². The molecule has 7 heteroatoms. The van der Waals surface area contributed by atoms with Gasteiger partial charge in [-0.1, -0.05) is 0 Å². The van der Waals surface area contributed by atoms with E-state index >= 15 is 0 Å². The Kier molecular flexibility index (Phi) is 5.57. The minimum Gasteiger partial charge on any atom is -0.379 e. The Balaban J connectivity index is 1.51. The molecule has 0 aliphatic carbocycles. The number of morpholine rings is 1. The van der Waals surface area contributed by atoms with Gasteiger partial charge in [-0.15, -0.1) is 0 Å². The molecule has 0 aromatic carbocycles. The maximum atomic E-state index is 6.03. The van der Waals surface area contributed by atoms with Crippen molar-refractivity contribution in [3.63, 3.8) is 0 Å². The summed E-state index contributed by atoms with van der Waals surface area (Å²) in [5, 5.41) is 3.80. The second-order valence-electron chi connectivity index (χ2n) is 5.30. The van der Waals surface area contributed by atoms with Gasteiger partial charge in [0.05, 0.1) is 18.9 Å². The minimum absolute atomic E-state index is 0.358. The van der Waals surface area contributed by atoms with Crippen LogP contribution in [0, 0.1) is 0 Å². The Morgan fingerprint density at radius 3 is 3.00 bits per heavy atom. The fourth-order valence-electron chi connectivity index (χ4n) is 2.68. The summed E-state index contributed by atoms with van der Waals surface area (Å²) in [4.78, 5) is 11.2. The van der Waals surface area contributed by atoms with E-state index in [-0.39, 0.29) is 0 Å².